The van der Waals surface area contributed by atoms with Crippen LogP contribution in [0.15, 0.2) is 48.0 Å². The summed E-state index contributed by atoms with van der Waals surface area (Å²) < 4.78 is 42.9. The zero-order valence-electron chi connectivity index (χ0n) is 18.5. The Balaban J connectivity index is 1.28. The van der Waals surface area contributed by atoms with Crippen LogP contribution in [0.25, 0.3) is 11.3 Å². The van der Waals surface area contributed by atoms with Gasteiger partial charge in [0, 0.05) is 49.4 Å². The maximum atomic E-state index is 13.3. The Kier molecular flexibility index (Phi) is 6.33. The molecule has 5 rings (SSSR count). The van der Waals surface area contributed by atoms with E-state index in [9.17, 15) is 23.1 Å². The molecule has 2 aliphatic rings. The van der Waals surface area contributed by atoms with Crippen LogP contribution in [0.2, 0.25) is 5.02 Å². The van der Waals surface area contributed by atoms with E-state index in [2.05, 4.69) is 14.3 Å². The highest BCUT2D eigenvalue weighted by Gasteiger charge is 2.43. The highest BCUT2D eigenvalue weighted by Crippen LogP contribution is 2.37. The molecular formula is C24H22ClF3N4O2S. The summed E-state index contributed by atoms with van der Waals surface area (Å²) in [6.07, 6.45) is -2.79. The molecule has 11 heteroatoms. The van der Waals surface area contributed by atoms with Gasteiger partial charge in [-0.15, -0.1) is 0 Å². The van der Waals surface area contributed by atoms with Gasteiger partial charge < -0.3 is 10.0 Å². The fraction of sp³-hybridized carbons (Fsp3) is 0.375. The first kappa shape index (κ1) is 24.2. The minimum atomic E-state index is -4.47. The lowest BCUT2D eigenvalue weighted by molar-refractivity contribution is -0.138. The maximum absolute atomic E-state index is 13.3. The zero-order chi connectivity index (χ0) is 24.8. The fourth-order valence-electron chi connectivity index (χ4n) is 4.84. The third-order valence-corrected chi connectivity index (χ3v) is 7.73. The number of aliphatic hydroxyl groups is 1. The molecule has 0 unspecified atom stereocenters. The predicted octanol–water partition coefficient (Wildman–Crippen LogP) is 4.69. The van der Waals surface area contributed by atoms with Gasteiger partial charge in [0.2, 0.25) is 0 Å². The molecule has 1 amide bonds. The van der Waals surface area contributed by atoms with Gasteiger partial charge >= 0.3 is 6.18 Å². The SMILES string of the molecule is O=C(c1cccc(-c2ccsn2)c1Cl)N1CCN2C[C@@](O)(c3ccc(C(F)(F)F)cn3)CC[C@@H]2C1. The Morgan fingerprint density at radius 1 is 1.20 bits per heavy atom. The number of halogens is 4. The molecule has 2 aliphatic heterocycles. The standard InChI is InChI=1S/C24H22ClF3N4O2S/c25-21-17(19-7-11-35-30-19)2-1-3-18(21)22(33)31-9-10-32-14-23(34,8-6-16(32)13-31)20-5-4-15(12-29-20)24(26,27)28/h1-5,7,11-12,16,34H,6,8-10,13-14H2/t16-,23-/m1/s1. The number of hydrogen-bond acceptors (Lipinski definition) is 6. The first-order valence-corrected chi connectivity index (χ1v) is 12.4. The second-order valence-corrected chi connectivity index (χ2v) is 9.97. The summed E-state index contributed by atoms with van der Waals surface area (Å²) >= 11 is 7.91. The van der Waals surface area contributed by atoms with Gasteiger partial charge in [-0.05, 0) is 48.6 Å². The number of fused-ring (bicyclic) bond motifs is 1. The molecule has 3 aromatic rings. The minimum absolute atomic E-state index is 0.0305. The molecule has 6 nitrogen and oxygen atoms in total. The van der Waals surface area contributed by atoms with Crippen molar-refractivity contribution in [3.8, 4) is 11.3 Å². The molecule has 0 saturated carbocycles. The smallest absolute Gasteiger partial charge is 0.382 e. The Bertz CT molecular complexity index is 1220. The van der Waals surface area contributed by atoms with Crippen molar-refractivity contribution in [3.63, 3.8) is 0 Å². The third kappa shape index (κ3) is 4.67. The second kappa shape index (κ2) is 9.16. The molecule has 184 valence electrons. The van der Waals surface area contributed by atoms with Crippen molar-refractivity contribution in [2.45, 2.75) is 30.7 Å². The van der Waals surface area contributed by atoms with Gasteiger partial charge in [0.25, 0.3) is 5.91 Å². The molecule has 2 aromatic heterocycles. The van der Waals surface area contributed by atoms with Crippen LogP contribution in [-0.4, -0.2) is 62.4 Å². The lowest BCUT2D eigenvalue weighted by Gasteiger charge is -2.49. The molecule has 35 heavy (non-hydrogen) atoms. The maximum Gasteiger partial charge on any atom is 0.417 e. The quantitative estimate of drug-likeness (QED) is 0.541. The molecule has 2 atom stereocenters. The number of amides is 1. The summed E-state index contributed by atoms with van der Waals surface area (Å²) in [5, 5.41) is 13.4. The van der Waals surface area contributed by atoms with E-state index in [0.29, 0.717) is 48.6 Å². The molecule has 4 heterocycles. The van der Waals surface area contributed by atoms with Gasteiger partial charge in [-0.1, -0.05) is 23.7 Å². The highest BCUT2D eigenvalue weighted by atomic mass is 35.5. The number of benzene rings is 1. The van der Waals surface area contributed by atoms with Gasteiger partial charge in [0.1, 0.15) is 5.60 Å². The Labute approximate surface area is 209 Å². The van der Waals surface area contributed by atoms with Crippen LogP contribution in [0.4, 0.5) is 13.2 Å². The van der Waals surface area contributed by atoms with Crippen molar-refractivity contribution in [1.82, 2.24) is 19.2 Å². The third-order valence-electron chi connectivity index (χ3n) is 6.76. The van der Waals surface area contributed by atoms with Crippen molar-refractivity contribution in [1.29, 1.82) is 0 Å². The fourth-order valence-corrected chi connectivity index (χ4v) is 5.67. The predicted molar refractivity (Wildman–Crippen MR) is 126 cm³/mol. The Morgan fingerprint density at radius 3 is 2.71 bits per heavy atom. The van der Waals surface area contributed by atoms with Gasteiger partial charge in [0.15, 0.2) is 0 Å². The second-order valence-electron chi connectivity index (χ2n) is 8.93. The van der Waals surface area contributed by atoms with Crippen LogP contribution < -0.4 is 0 Å². The van der Waals surface area contributed by atoms with E-state index in [0.717, 1.165) is 18.0 Å². The number of carbonyl (C=O) groups is 1. The van der Waals surface area contributed by atoms with Crippen molar-refractivity contribution >= 4 is 29.0 Å². The Hall–Kier alpha value is -2.53. The summed E-state index contributed by atoms with van der Waals surface area (Å²) in [5.74, 6) is -0.156. The minimum Gasteiger partial charge on any atom is -0.382 e. The van der Waals surface area contributed by atoms with Crippen LogP contribution in [0.1, 0.15) is 34.5 Å². The largest absolute Gasteiger partial charge is 0.417 e. The van der Waals surface area contributed by atoms with E-state index in [1.54, 1.807) is 17.0 Å². The summed E-state index contributed by atoms with van der Waals surface area (Å²) in [5.41, 5.74) is -0.0897. The average Bonchev–Trinajstić information content (AvgIpc) is 3.38. The van der Waals surface area contributed by atoms with Crippen molar-refractivity contribution in [2.24, 2.45) is 0 Å². The van der Waals surface area contributed by atoms with Gasteiger partial charge in [-0.2, -0.15) is 17.5 Å². The molecule has 2 saturated heterocycles. The van der Waals surface area contributed by atoms with Crippen LogP contribution >= 0.6 is 23.1 Å². The van der Waals surface area contributed by atoms with Crippen LogP contribution in [0, 0.1) is 0 Å². The molecular weight excluding hydrogens is 501 g/mol. The summed E-state index contributed by atoms with van der Waals surface area (Å²) in [6.45, 7) is 1.70. The molecule has 0 bridgehead atoms. The Morgan fingerprint density at radius 2 is 2.03 bits per heavy atom. The molecule has 1 aromatic carbocycles. The van der Waals surface area contributed by atoms with Crippen LogP contribution in [0.3, 0.4) is 0 Å². The average molecular weight is 523 g/mol. The van der Waals surface area contributed by atoms with E-state index in [4.69, 9.17) is 11.6 Å². The number of nitrogens with zero attached hydrogens (tertiary/aromatic N) is 4. The van der Waals surface area contributed by atoms with Gasteiger partial charge in [0.05, 0.1) is 27.5 Å². The van der Waals surface area contributed by atoms with E-state index >= 15 is 0 Å². The summed E-state index contributed by atoms with van der Waals surface area (Å²) in [4.78, 5) is 21.1. The monoisotopic (exact) mass is 522 g/mol. The van der Waals surface area contributed by atoms with E-state index < -0.39 is 17.3 Å². The number of piperidine rings is 1. The molecule has 0 aliphatic carbocycles. The normalized spacial score (nSPS) is 23.2. The van der Waals surface area contributed by atoms with Crippen molar-refractivity contribution in [3.05, 3.63) is 69.8 Å². The molecule has 2 fully saturated rings. The number of hydrogen-bond donors (Lipinski definition) is 1. The topological polar surface area (TPSA) is 69.6 Å². The van der Waals surface area contributed by atoms with Crippen LogP contribution in [0.5, 0.6) is 0 Å². The number of piperazine rings is 1. The summed E-state index contributed by atoms with van der Waals surface area (Å²) in [6, 6.07) is 9.43. The lowest BCUT2D eigenvalue weighted by atomic mass is 9.84. The van der Waals surface area contributed by atoms with Crippen molar-refractivity contribution in [2.75, 3.05) is 26.2 Å². The number of rotatable bonds is 3. The molecule has 1 N–H and O–H groups in total. The van der Waals surface area contributed by atoms with E-state index in [1.807, 2.05) is 17.5 Å². The number of pyridine rings is 1. The molecule has 0 spiro atoms. The zero-order valence-corrected chi connectivity index (χ0v) is 20.1. The van der Waals surface area contributed by atoms with Crippen molar-refractivity contribution < 1.29 is 23.1 Å². The number of carbonyl (C=O) groups excluding carboxylic acids is 1. The van der Waals surface area contributed by atoms with Gasteiger partial charge in [-0.25, -0.2) is 0 Å². The van der Waals surface area contributed by atoms with Gasteiger partial charge in [-0.3, -0.25) is 14.7 Å². The lowest BCUT2D eigenvalue weighted by Crippen LogP contribution is -2.60. The highest BCUT2D eigenvalue weighted by molar-refractivity contribution is 7.03. The van der Waals surface area contributed by atoms with E-state index in [-0.39, 0.29) is 24.2 Å². The first-order valence-electron chi connectivity index (χ1n) is 11.1. The molecule has 0 radical (unpaired) electrons. The van der Waals surface area contributed by atoms with E-state index in [1.165, 1.54) is 17.6 Å². The first-order chi connectivity index (χ1) is 16.7. The number of aromatic nitrogens is 2. The summed E-state index contributed by atoms with van der Waals surface area (Å²) in [7, 11) is 0. The van der Waals surface area contributed by atoms with Crippen LogP contribution in [-0.2, 0) is 11.8 Å². The number of alkyl halides is 3.